The lowest BCUT2D eigenvalue weighted by molar-refractivity contribution is -0.138. The fraction of sp³-hybridized carbons (Fsp3) is 0.500. The smallest absolute Gasteiger partial charge is 0.332 e. The number of imidazole rings is 1. The molecule has 21 heavy (non-hydrogen) atoms. The largest absolute Gasteiger partial charge is 0.480 e. The molecule has 0 fully saturated rings. The standard InChI is InChI=1S/C12H17N5O4/c1-5-6(10(19)20)15(2)11-13-7-8(14-11)16(3)12(21)17(4)9(7)18/h6H,5H2,1-4H3,(H,13,14)(H,19,20). The summed E-state index contributed by atoms with van der Waals surface area (Å²) in [5.74, 6) is -0.750. The normalized spacial score (nSPS) is 12.6. The van der Waals surface area contributed by atoms with Crippen LogP contribution in [-0.2, 0) is 18.9 Å². The predicted molar refractivity (Wildman–Crippen MR) is 76.7 cm³/mol. The molecule has 9 heteroatoms. The summed E-state index contributed by atoms with van der Waals surface area (Å²) in [5.41, 5.74) is -0.617. The summed E-state index contributed by atoms with van der Waals surface area (Å²) in [6.07, 6.45) is 0.375. The van der Waals surface area contributed by atoms with Crippen molar-refractivity contribution in [2.45, 2.75) is 19.4 Å². The average molecular weight is 295 g/mol. The second-order valence-electron chi connectivity index (χ2n) is 4.84. The number of aliphatic carboxylic acids is 1. The molecule has 0 spiro atoms. The quantitative estimate of drug-likeness (QED) is 0.768. The lowest BCUT2D eigenvalue weighted by Gasteiger charge is -2.22. The first kappa shape index (κ1) is 14.8. The molecule has 0 aromatic carbocycles. The second kappa shape index (κ2) is 5.08. The fourth-order valence-corrected chi connectivity index (χ4v) is 2.24. The van der Waals surface area contributed by atoms with Crippen LogP contribution in [0.5, 0.6) is 0 Å². The summed E-state index contributed by atoms with van der Waals surface area (Å²) in [5, 5.41) is 9.17. The highest BCUT2D eigenvalue weighted by atomic mass is 16.4. The number of likely N-dealkylation sites (N-methyl/N-ethyl adjacent to an activating group) is 1. The molecule has 0 aliphatic rings. The number of anilines is 1. The molecule has 0 radical (unpaired) electrons. The van der Waals surface area contributed by atoms with Gasteiger partial charge in [0.05, 0.1) is 0 Å². The second-order valence-corrected chi connectivity index (χ2v) is 4.84. The van der Waals surface area contributed by atoms with Crippen LogP contribution >= 0.6 is 0 Å². The van der Waals surface area contributed by atoms with Gasteiger partial charge in [0, 0.05) is 21.1 Å². The number of hydrogen-bond donors (Lipinski definition) is 2. The van der Waals surface area contributed by atoms with Crippen LogP contribution in [0.4, 0.5) is 5.95 Å². The van der Waals surface area contributed by atoms with E-state index < -0.39 is 23.3 Å². The molecule has 114 valence electrons. The van der Waals surface area contributed by atoms with Crippen molar-refractivity contribution in [3.8, 4) is 0 Å². The summed E-state index contributed by atoms with van der Waals surface area (Å²) >= 11 is 0. The van der Waals surface area contributed by atoms with E-state index in [4.69, 9.17) is 0 Å². The van der Waals surface area contributed by atoms with Crippen molar-refractivity contribution in [1.29, 1.82) is 0 Å². The highest BCUT2D eigenvalue weighted by Gasteiger charge is 2.24. The lowest BCUT2D eigenvalue weighted by atomic mass is 10.2. The molecule has 2 aromatic heterocycles. The van der Waals surface area contributed by atoms with Gasteiger partial charge in [-0.1, -0.05) is 6.92 Å². The molecule has 2 rings (SSSR count). The Morgan fingerprint density at radius 3 is 2.52 bits per heavy atom. The van der Waals surface area contributed by atoms with Crippen molar-refractivity contribution in [3.05, 3.63) is 20.8 Å². The Labute approximate surface area is 119 Å². The molecule has 2 N–H and O–H groups in total. The topological polar surface area (TPSA) is 113 Å². The zero-order valence-corrected chi connectivity index (χ0v) is 12.2. The summed E-state index contributed by atoms with van der Waals surface area (Å²) in [7, 11) is 4.45. The van der Waals surface area contributed by atoms with Gasteiger partial charge in [-0.15, -0.1) is 0 Å². The van der Waals surface area contributed by atoms with Gasteiger partial charge in [-0.05, 0) is 6.42 Å². The first-order valence-electron chi connectivity index (χ1n) is 6.41. The molecule has 0 saturated carbocycles. The number of carboxylic acid groups (broad SMARTS) is 1. The van der Waals surface area contributed by atoms with E-state index in [1.807, 2.05) is 0 Å². The van der Waals surface area contributed by atoms with Crippen LogP contribution in [0, 0.1) is 0 Å². The summed E-state index contributed by atoms with van der Waals surface area (Å²) < 4.78 is 2.21. The van der Waals surface area contributed by atoms with Gasteiger partial charge < -0.3 is 15.0 Å². The average Bonchev–Trinajstić information content (AvgIpc) is 2.88. The Balaban J connectivity index is 2.67. The van der Waals surface area contributed by atoms with Crippen LogP contribution in [0.3, 0.4) is 0 Å². The molecular formula is C12H17N5O4. The third-order valence-electron chi connectivity index (χ3n) is 3.56. The zero-order valence-electron chi connectivity index (χ0n) is 12.2. The SMILES string of the molecule is CCC(C(=O)O)N(C)c1nc2c([nH]1)c(=O)n(C)c(=O)n2C. The number of hydrogen-bond acceptors (Lipinski definition) is 5. The van der Waals surface area contributed by atoms with Gasteiger partial charge in [-0.2, -0.15) is 4.98 Å². The Morgan fingerprint density at radius 1 is 1.38 bits per heavy atom. The number of nitrogens with one attached hydrogen (secondary N) is 1. The Bertz CT molecular complexity index is 815. The van der Waals surface area contributed by atoms with Crippen molar-refractivity contribution in [3.63, 3.8) is 0 Å². The number of aromatic nitrogens is 4. The summed E-state index contributed by atoms with van der Waals surface area (Å²) in [6.45, 7) is 1.74. The maximum atomic E-state index is 12.1. The molecule has 2 aromatic rings. The summed E-state index contributed by atoms with van der Waals surface area (Å²) in [4.78, 5) is 43.5. The van der Waals surface area contributed by atoms with Crippen molar-refractivity contribution < 1.29 is 9.90 Å². The minimum Gasteiger partial charge on any atom is -0.480 e. The highest BCUT2D eigenvalue weighted by Crippen LogP contribution is 2.15. The van der Waals surface area contributed by atoms with Crippen LogP contribution in [0.25, 0.3) is 11.2 Å². The van der Waals surface area contributed by atoms with Crippen molar-refractivity contribution in [1.82, 2.24) is 19.1 Å². The number of carboxylic acids is 1. The van der Waals surface area contributed by atoms with E-state index in [1.165, 1.54) is 23.6 Å². The van der Waals surface area contributed by atoms with Gasteiger partial charge in [-0.25, -0.2) is 9.59 Å². The number of aryl methyl sites for hydroxylation is 1. The predicted octanol–water partition coefficient (Wildman–Crippen LogP) is -0.740. The van der Waals surface area contributed by atoms with E-state index in [2.05, 4.69) is 9.97 Å². The third kappa shape index (κ3) is 2.20. The zero-order chi connectivity index (χ0) is 15.9. The van der Waals surface area contributed by atoms with Gasteiger partial charge in [0.2, 0.25) is 5.95 Å². The van der Waals surface area contributed by atoms with E-state index in [0.717, 1.165) is 4.57 Å². The molecule has 0 bridgehead atoms. The molecular weight excluding hydrogens is 278 g/mol. The minimum absolute atomic E-state index is 0.168. The number of rotatable bonds is 4. The number of fused-ring (bicyclic) bond motifs is 1. The molecule has 0 aliphatic carbocycles. The summed E-state index contributed by atoms with van der Waals surface area (Å²) in [6, 6.07) is -0.772. The fourth-order valence-electron chi connectivity index (χ4n) is 2.24. The maximum absolute atomic E-state index is 12.1. The lowest BCUT2D eigenvalue weighted by Crippen LogP contribution is -2.38. The molecule has 2 heterocycles. The monoisotopic (exact) mass is 295 g/mol. The van der Waals surface area contributed by atoms with E-state index in [1.54, 1.807) is 14.0 Å². The van der Waals surface area contributed by atoms with E-state index >= 15 is 0 Å². The Morgan fingerprint density at radius 2 is 2.00 bits per heavy atom. The number of aromatic amines is 1. The number of H-pyrrole nitrogens is 1. The van der Waals surface area contributed by atoms with Gasteiger partial charge in [-0.3, -0.25) is 13.9 Å². The molecule has 0 aliphatic heterocycles. The van der Waals surface area contributed by atoms with Crippen molar-refractivity contribution in [2.24, 2.45) is 14.1 Å². The van der Waals surface area contributed by atoms with Crippen LogP contribution in [0.15, 0.2) is 9.59 Å². The first-order chi connectivity index (χ1) is 9.79. The number of carbonyl (C=O) groups is 1. The van der Waals surface area contributed by atoms with Gasteiger partial charge >= 0.3 is 11.7 Å². The molecule has 0 saturated heterocycles. The molecule has 1 atom stereocenters. The van der Waals surface area contributed by atoms with Gasteiger partial charge in [0.15, 0.2) is 11.2 Å². The third-order valence-corrected chi connectivity index (χ3v) is 3.56. The molecule has 9 nitrogen and oxygen atoms in total. The van der Waals surface area contributed by atoms with Crippen LogP contribution in [0.2, 0.25) is 0 Å². The van der Waals surface area contributed by atoms with E-state index in [-0.39, 0.29) is 17.1 Å². The number of nitrogens with zero attached hydrogens (tertiary/aromatic N) is 4. The molecule has 1 unspecified atom stereocenters. The highest BCUT2D eigenvalue weighted by molar-refractivity contribution is 5.79. The van der Waals surface area contributed by atoms with Crippen LogP contribution in [0.1, 0.15) is 13.3 Å². The van der Waals surface area contributed by atoms with Crippen LogP contribution in [-0.4, -0.2) is 43.3 Å². The van der Waals surface area contributed by atoms with Gasteiger partial charge in [0.25, 0.3) is 5.56 Å². The van der Waals surface area contributed by atoms with E-state index in [9.17, 15) is 19.5 Å². The van der Waals surface area contributed by atoms with Crippen LogP contribution < -0.4 is 16.1 Å². The molecule has 0 amide bonds. The minimum atomic E-state index is -0.984. The first-order valence-corrected chi connectivity index (χ1v) is 6.41. The van der Waals surface area contributed by atoms with Crippen molar-refractivity contribution in [2.75, 3.05) is 11.9 Å². The van der Waals surface area contributed by atoms with Gasteiger partial charge in [0.1, 0.15) is 6.04 Å². The Hall–Kier alpha value is -2.58. The maximum Gasteiger partial charge on any atom is 0.332 e. The van der Waals surface area contributed by atoms with E-state index in [0.29, 0.717) is 6.42 Å². The van der Waals surface area contributed by atoms with Crippen molar-refractivity contribution >= 4 is 23.1 Å². The Kier molecular flexibility index (Phi) is 3.58.